The first-order valence-electron chi connectivity index (χ1n) is 11.8. The molecular formula is C26H28N6O3. The average Bonchev–Trinajstić information content (AvgIpc) is 3.32. The first kappa shape index (κ1) is 22.9. The van der Waals surface area contributed by atoms with Gasteiger partial charge in [-0.05, 0) is 36.5 Å². The molecule has 35 heavy (non-hydrogen) atoms. The van der Waals surface area contributed by atoms with Crippen LogP contribution >= 0.6 is 0 Å². The Morgan fingerprint density at radius 2 is 1.83 bits per heavy atom. The Kier molecular flexibility index (Phi) is 6.17. The largest absolute Gasteiger partial charge is 0.388 e. The molecule has 9 nitrogen and oxygen atoms in total. The Hall–Kier alpha value is -3.85. The number of amides is 1. The molecule has 1 N–H and O–H groups in total. The molecule has 0 unspecified atom stereocenters. The maximum atomic E-state index is 13.1. The summed E-state index contributed by atoms with van der Waals surface area (Å²) in [5.41, 5.74) is 0.214. The molecule has 1 saturated heterocycles. The van der Waals surface area contributed by atoms with Crippen LogP contribution in [0, 0.1) is 0 Å². The predicted octanol–water partition coefficient (Wildman–Crippen LogP) is 2.52. The van der Waals surface area contributed by atoms with Crippen LogP contribution in [0.3, 0.4) is 0 Å². The third-order valence-corrected chi connectivity index (χ3v) is 6.78. The van der Waals surface area contributed by atoms with Crippen molar-refractivity contribution < 1.29 is 9.90 Å². The zero-order valence-electron chi connectivity index (χ0n) is 19.6. The normalized spacial score (nSPS) is 16.3. The van der Waals surface area contributed by atoms with Crippen LogP contribution in [0.15, 0.2) is 72.0 Å². The van der Waals surface area contributed by atoms with E-state index >= 15 is 0 Å². The first-order chi connectivity index (χ1) is 16.9. The van der Waals surface area contributed by atoms with Crippen LogP contribution in [0.1, 0.15) is 37.7 Å². The van der Waals surface area contributed by atoms with Gasteiger partial charge >= 0.3 is 0 Å². The van der Waals surface area contributed by atoms with Crippen molar-refractivity contribution in [1.82, 2.24) is 29.2 Å². The molecule has 4 heterocycles. The van der Waals surface area contributed by atoms with Crippen molar-refractivity contribution in [2.75, 3.05) is 13.1 Å². The van der Waals surface area contributed by atoms with E-state index in [2.05, 4.69) is 22.0 Å². The highest BCUT2D eigenvalue weighted by Crippen LogP contribution is 2.26. The summed E-state index contributed by atoms with van der Waals surface area (Å²) in [5, 5.41) is 15.9. The maximum absolute atomic E-state index is 13.1. The summed E-state index contributed by atoms with van der Waals surface area (Å²) in [5.74, 6) is 0.794. The van der Waals surface area contributed by atoms with Gasteiger partial charge in [-0.2, -0.15) is 9.78 Å². The van der Waals surface area contributed by atoms with Gasteiger partial charge in [-0.15, -0.1) is 0 Å². The highest BCUT2D eigenvalue weighted by molar-refractivity contribution is 5.77. The molecule has 1 amide bonds. The van der Waals surface area contributed by atoms with Crippen molar-refractivity contribution in [2.45, 2.75) is 44.2 Å². The molecule has 4 aromatic rings. The van der Waals surface area contributed by atoms with Gasteiger partial charge in [-0.1, -0.05) is 43.3 Å². The van der Waals surface area contributed by atoms with Crippen molar-refractivity contribution >= 4 is 16.9 Å². The Bertz CT molecular complexity index is 1370. The van der Waals surface area contributed by atoms with E-state index in [0.717, 1.165) is 5.56 Å². The summed E-state index contributed by atoms with van der Waals surface area (Å²) in [6, 6.07) is 15.4. The van der Waals surface area contributed by atoms with Crippen molar-refractivity contribution in [2.24, 2.45) is 0 Å². The van der Waals surface area contributed by atoms with Crippen molar-refractivity contribution in [3.63, 3.8) is 0 Å². The molecule has 0 radical (unpaired) electrons. The summed E-state index contributed by atoms with van der Waals surface area (Å²) in [6.45, 7) is 3.09. The predicted molar refractivity (Wildman–Crippen MR) is 131 cm³/mol. The Balaban J connectivity index is 1.25. The van der Waals surface area contributed by atoms with E-state index in [0.29, 0.717) is 49.2 Å². The topological polar surface area (TPSA) is 106 Å². The fraction of sp³-hybridized carbons (Fsp3) is 0.346. The van der Waals surface area contributed by atoms with Gasteiger partial charge in [0, 0.05) is 25.7 Å². The minimum Gasteiger partial charge on any atom is -0.388 e. The van der Waals surface area contributed by atoms with Crippen LogP contribution in [-0.2, 0) is 11.3 Å². The van der Waals surface area contributed by atoms with Crippen molar-refractivity contribution in [3.05, 3.63) is 83.2 Å². The molecule has 3 aromatic heterocycles. The minimum atomic E-state index is -1.09. The molecule has 0 aliphatic carbocycles. The zero-order valence-corrected chi connectivity index (χ0v) is 19.6. The van der Waals surface area contributed by atoms with E-state index in [1.165, 1.54) is 21.8 Å². The second-order valence-corrected chi connectivity index (χ2v) is 9.28. The van der Waals surface area contributed by atoms with Gasteiger partial charge in [0.25, 0.3) is 5.56 Å². The third kappa shape index (κ3) is 4.72. The molecule has 0 bridgehead atoms. The van der Waals surface area contributed by atoms with E-state index in [4.69, 9.17) is 0 Å². The van der Waals surface area contributed by atoms with Gasteiger partial charge in [-0.3, -0.25) is 14.2 Å². The number of hydrogen-bond donors (Lipinski definition) is 1. The van der Waals surface area contributed by atoms with Crippen LogP contribution in [0.2, 0.25) is 0 Å². The van der Waals surface area contributed by atoms with Crippen molar-refractivity contribution in [3.8, 4) is 5.82 Å². The average molecular weight is 473 g/mol. The number of hydrogen-bond acceptors (Lipinski definition) is 6. The lowest BCUT2D eigenvalue weighted by Gasteiger charge is -2.38. The van der Waals surface area contributed by atoms with Gasteiger partial charge in [-0.25, -0.2) is 9.97 Å². The lowest BCUT2D eigenvalue weighted by molar-refractivity contribution is -0.136. The van der Waals surface area contributed by atoms with E-state index in [-0.39, 0.29) is 23.9 Å². The van der Waals surface area contributed by atoms with Crippen LogP contribution in [0.5, 0.6) is 0 Å². The number of carbonyl (C=O) groups excluding carboxylic acids is 1. The number of rotatable bonds is 6. The Morgan fingerprint density at radius 1 is 1.09 bits per heavy atom. The molecule has 1 aromatic carbocycles. The zero-order chi connectivity index (χ0) is 24.4. The smallest absolute Gasteiger partial charge is 0.264 e. The van der Waals surface area contributed by atoms with Gasteiger partial charge in [0.05, 0.1) is 18.3 Å². The van der Waals surface area contributed by atoms with Gasteiger partial charge in [0.15, 0.2) is 11.5 Å². The highest BCUT2D eigenvalue weighted by atomic mass is 16.3. The number of carbonyl (C=O) groups is 1. The second-order valence-electron chi connectivity index (χ2n) is 9.28. The molecule has 0 saturated carbocycles. The lowest BCUT2D eigenvalue weighted by atomic mass is 9.90. The number of aliphatic hydroxyl groups is 1. The lowest BCUT2D eigenvalue weighted by Crippen LogP contribution is -2.49. The maximum Gasteiger partial charge on any atom is 0.264 e. The molecule has 5 rings (SSSR count). The van der Waals surface area contributed by atoms with Gasteiger partial charge < -0.3 is 10.0 Å². The van der Waals surface area contributed by atoms with Gasteiger partial charge in [0.1, 0.15) is 11.7 Å². The number of fused-ring (bicyclic) bond motifs is 1. The summed E-state index contributed by atoms with van der Waals surface area (Å²) < 4.78 is 2.96. The number of likely N-dealkylation sites (tertiary alicyclic amines) is 1. The van der Waals surface area contributed by atoms with Crippen LogP contribution < -0.4 is 5.56 Å². The minimum absolute atomic E-state index is 0.0885. The van der Waals surface area contributed by atoms with E-state index in [1.807, 2.05) is 41.3 Å². The number of benzene rings is 1. The standard InChI is InChI=1S/C26H28N6O3/c1-19(20-7-3-2-4-8-20)15-23(33)30-13-10-26(35,11-14-30)17-31-18-28-24-21(25(31)34)16-29-32(24)22-9-5-6-12-27-22/h2-9,12,16,18-19,35H,10-11,13-15,17H2,1H3/t19-/m1/s1. The number of aromatic nitrogens is 5. The fourth-order valence-electron chi connectivity index (χ4n) is 4.65. The number of nitrogens with zero attached hydrogens (tertiary/aromatic N) is 6. The SMILES string of the molecule is C[C@H](CC(=O)N1CCC(O)(Cn2cnc3c(cnn3-c3ccccn3)c2=O)CC1)c1ccccc1. The van der Waals surface area contributed by atoms with Gasteiger partial charge in [0.2, 0.25) is 5.91 Å². The molecule has 0 spiro atoms. The van der Waals surface area contributed by atoms with Crippen LogP contribution in [0.4, 0.5) is 0 Å². The second kappa shape index (κ2) is 9.42. The van der Waals surface area contributed by atoms with E-state index in [1.54, 1.807) is 18.3 Å². The Morgan fingerprint density at radius 3 is 2.54 bits per heavy atom. The van der Waals surface area contributed by atoms with Crippen LogP contribution in [0.25, 0.3) is 16.9 Å². The van der Waals surface area contributed by atoms with Crippen LogP contribution in [-0.4, -0.2) is 58.9 Å². The third-order valence-electron chi connectivity index (χ3n) is 6.78. The molecular weight excluding hydrogens is 444 g/mol. The van der Waals surface area contributed by atoms with E-state index in [9.17, 15) is 14.7 Å². The fourth-order valence-corrected chi connectivity index (χ4v) is 4.65. The molecule has 1 aliphatic heterocycles. The summed E-state index contributed by atoms with van der Waals surface area (Å²) >= 11 is 0. The summed E-state index contributed by atoms with van der Waals surface area (Å²) in [7, 11) is 0. The monoisotopic (exact) mass is 472 g/mol. The number of pyridine rings is 1. The number of piperidine rings is 1. The first-order valence-corrected chi connectivity index (χ1v) is 11.8. The molecule has 9 heteroatoms. The molecule has 1 atom stereocenters. The Labute approximate surface area is 202 Å². The highest BCUT2D eigenvalue weighted by Gasteiger charge is 2.35. The molecule has 1 aliphatic rings. The molecule has 180 valence electrons. The molecule has 1 fully saturated rings. The van der Waals surface area contributed by atoms with E-state index < -0.39 is 5.60 Å². The quantitative estimate of drug-likeness (QED) is 0.462. The summed E-state index contributed by atoms with van der Waals surface area (Å²) in [4.78, 5) is 36.4. The van der Waals surface area contributed by atoms with Crippen molar-refractivity contribution in [1.29, 1.82) is 0 Å². The summed E-state index contributed by atoms with van der Waals surface area (Å²) in [6.07, 6.45) is 5.81.